The number of pyridine rings is 2. The number of nitrogens with zero attached hydrogens (tertiary/aromatic N) is 3. The first-order chi connectivity index (χ1) is 14.4. The zero-order valence-electron chi connectivity index (χ0n) is 17.2. The molecule has 161 valence electrons. The molecule has 0 fully saturated rings. The standard InChI is InChI=1S/C23H30N6.Cu/c1-2-7-23-19(4-1)8-9-22(28-23)18-26-12-15-29-13-10-24-16-20-5-3-6-21(27-20)17-25-11-14-29;/h1-9,24-26H,10-18H2;/q;+2. The molecule has 6 nitrogen and oxygen atoms in total. The number of aromatic nitrogens is 2. The molecule has 2 bridgehead atoms. The van der Waals surface area contributed by atoms with Crippen molar-refractivity contribution in [1.29, 1.82) is 0 Å². The van der Waals surface area contributed by atoms with Gasteiger partial charge in [0.15, 0.2) is 0 Å². The Hall–Kier alpha value is -1.86. The molecule has 30 heavy (non-hydrogen) atoms. The molecule has 2 aromatic heterocycles. The molecule has 0 amide bonds. The van der Waals surface area contributed by atoms with Crippen molar-refractivity contribution in [3.05, 3.63) is 71.7 Å². The predicted octanol–water partition coefficient (Wildman–Crippen LogP) is 1.91. The molecule has 0 aliphatic carbocycles. The van der Waals surface area contributed by atoms with Crippen LogP contribution in [0.2, 0.25) is 0 Å². The second-order valence-electron chi connectivity index (χ2n) is 7.49. The van der Waals surface area contributed by atoms with Crippen molar-refractivity contribution >= 4 is 10.9 Å². The Kier molecular flexibility index (Phi) is 9.21. The van der Waals surface area contributed by atoms with Gasteiger partial charge in [0.05, 0.1) is 22.6 Å². The molecule has 3 N–H and O–H groups in total. The maximum Gasteiger partial charge on any atom is 2.00 e. The molecule has 3 heterocycles. The second kappa shape index (κ2) is 12.1. The summed E-state index contributed by atoms with van der Waals surface area (Å²) < 4.78 is 0. The summed E-state index contributed by atoms with van der Waals surface area (Å²) in [6, 6.07) is 18.8. The SMILES string of the molecule is [Cu+2].c1cc2nc(c1)CNCCN(CCNCc1ccc3ccccc3n1)CCNC2. The number of benzene rings is 1. The monoisotopic (exact) mass is 453 g/mol. The van der Waals surface area contributed by atoms with Gasteiger partial charge < -0.3 is 16.0 Å². The van der Waals surface area contributed by atoms with Gasteiger partial charge >= 0.3 is 17.1 Å². The summed E-state index contributed by atoms with van der Waals surface area (Å²) in [5.74, 6) is 0. The van der Waals surface area contributed by atoms with Crippen molar-refractivity contribution in [2.24, 2.45) is 0 Å². The fraction of sp³-hybridized carbons (Fsp3) is 0.391. The smallest absolute Gasteiger partial charge is 0.310 e. The van der Waals surface area contributed by atoms with Crippen LogP contribution < -0.4 is 16.0 Å². The molecule has 0 spiro atoms. The first-order valence-corrected chi connectivity index (χ1v) is 10.5. The van der Waals surface area contributed by atoms with Gasteiger partial charge in [-0.1, -0.05) is 30.3 Å². The largest absolute Gasteiger partial charge is 2.00 e. The molecule has 0 unspecified atom stereocenters. The average molecular weight is 454 g/mol. The molecule has 1 aliphatic heterocycles. The second-order valence-corrected chi connectivity index (χ2v) is 7.49. The van der Waals surface area contributed by atoms with Gasteiger partial charge in [-0.2, -0.15) is 0 Å². The van der Waals surface area contributed by atoms with Crippen LogP contribution in [0.1, 0.15) is 17.1 Å². The van der Waals surface area contributed by atoms with Crippen LogP contribution in [0.3, 0.4) is 0 Å². The Balaban J connectivity index is 0.00000256. The van der Waals surface area contributed by atoms with E-state index in [1.54, 1.807) is 0 Å². The number of hydrogen-bond donors (Lipinski definition) is 3. The third kappa shape index (κ3) is 6.84. The van der Waals surface area contributed by atoms with E-state index >= 15 is 0 Å². The van der Waals surface area contributed by atoms with E-state index in [9.17, 15) is 0 Å². The van der Waals surface area contributed by atoms with E-state index in [-0.39, 0.29) is 17.1 Å². The van der Waals surface area contributed by atoms with Gasteiger partial charge in [0.1, 0.15) is 0 Å². The van der Waals surface area contributed by atoms with Crippen molar-refractivity contribution in [3.63, 3.8) is 0 Å². The van der Waals surface area contributed by atoms with Crippen LogP contribution in [-0.2, 0) is 36.7 Å². The van der Waals surface area contributed by atoms with E-state index in [1.165, 1.54) is 5.39 Å². The van der Waals surface area contributed by atoms with E-state index in [2.05, 4.69) is 74.4 Å². The molecule has 7 heteroatoms. The van der Waals surface area contributed by atoms with Gasteiger partial charge in [0.2, 0.25) is 0 Å². The van der Waals surface area contributed by atoms with E-state index in [1.807, 2.05) is 6.07 Å². The Morgan fingerprint density at radius 1 is 0.833 bits per heavy atom. The number of fused-ring (bicyclic) bond motifs is 3. The zero-order chi connectivity index (χ0) is 19.7. The molecule has 0 atom stereocenters. The molecular formula is C23H30CuN6+2. The number of nitrogens with one attached hydrogen (secondary N) is 3. The van der Waals surface area contributed by atoms with Gasteiger partial charge in [-0.15, -0.1) is 0 Å². The molecular weight excluding hydrogens is 424 g/mol. The van der Waals surface area contributed by atoms with E-state index in [0.717, 1.165) is 81.5 Å². The van der Waals surface area contributed by atoms with Crippen LogP contribution in [0.4, 0.5) is 0 Å². The summed E-state index contributed by atoms with van der Waals surface area (Å²) in [7, 11) is 0. The molecule has 3 aromatic rings. The van der Waals surface area contributed by atoms with E-state index in [0.29, 0.717) is 0 Å². The maximum absolute atomic E-state index is 4.74. The van der Waals surface area contributed by atoms with Crippen molar-refractivity contribution in [3.8, 4) is 0 Å². The van der Waals surface area contributed by atoms with Gasteiger partial charge in [-0.25, -0.2) is 0 Å². The van der Waals surface area contributed by atoms with Gasteiger partial charge in [0.25, 0.3) is 0 Å². The summed E-state index contributed by atoms with van der Waals surface area (Å²) in [5, 5.41) is 11.8. The molecule has 0 saturated carbocycles. The Labute approximate surface area is 189 Å². The van der Waals surface area contributed by atoms with Gasteiger partial charge in [0, 0.05) is 64.3 Å². The van der Waals surface area contributed by atoms with Crippen LogP contribution >= 0.6 is 0 Å². The van der Waals surface area contributed by atoms with Crippen LogP contribution in [0.15, 0.2) is 54.6 Å². The minimum absolute atomic E-state index is 0. The molecule has 4 rings (SSSR count). The molecule has 1 radical (unpaired) electrons. The van der Waals surface area contributed by atoms with Gasteiger partial charge in [-0.3, -0.25) is 14.9 Å². The van der Waals surface area contributed by atoms with Crippen LogP contribution in [0.5, 0.6) is 0 Å². The van der Waals surface area contributed by atoms with Gasteiger partial charge in [-0.05, 0) is 24.3 Å². The van der Waals surface area contributed by atoms with Crippen molar-refractivity contribution in [1.82, 2.24) is 30.8 Å². The summed E-state index contributed by atoms with van der Waals surface area (Å²) in [4.78, 5) is 11.9. The van der Waals surface area contributed by atoms with Crippen molar-refractivity contribution in [2.45, 2.75) is 19.6 Å². The number of hydrogen-bond acceptors (Lipinski definition) is 6. The number of para-hydroxylation sites is 1. The quantitative estimate of drug-likeness (QED) is 0.405. The first-order valence-electron chi connectivity index (χ1n) is 10.5. The summed E-state index contributed by atoms with van der Waals surface area (Å²) >= 11 is 0. The Morgan fingerprint density at radius 3 is 2.33 bits per heavy atom. The minimum Gasteiger partial charge on any atom is -0.310 e. The van der Waals surface area contributed by atoms with Crippen LogP contribution in [0.25, 0.3) is 10.9 Å². The molecule has 0 saturated heterocycles. The predicted molar refractivity (Wildman–Crippen MR) is 118 cm³/mol. The summed E-state index contributed by atoms with van der Waals surface area (Å²) in [6.07, 6.45) is 0. The Morgan fingerprint density at radius 2 is 1.57 bits per heavy atom. The van der Waals surface area contributed by atoms with Crippen LogP contribution in [0, 0.1) is 0 Å². The third-order valence-electron chi connectivity index (χ3n) is 5.25. The summed E-state index contributed by atoms with van der Waals surface area (Å²) in [6.45, 7) is 8.46. The minimum atomic E-state index is 0. The average Bonchev–Trinajstić information content (AvgIpc) is 2.76. The normalized spacial score (nSPS) is 15.7. The molecule has 1 aromatic carbocycles. The topological polar surface area (TPSA) is 65.1 Å². The summed E-state index contributed by atoms with van der Waals surface area (Å²) in [5.41, 5.74) is 4.38. The van der Waals surface area contributed by atoms with E-state index < -0.39 is 0 Å². The Bertz CT molecular complexity index is 892. The van der Waals surface area contributed by atoms with E-state index in [4.69, 9.17) is 4.98 Å². The van der Waals surface area contributed by atoms with Crippen molar-refractivity contribution < 1.29 is 17.1 Å². The number of rotatable bonds is 5. The maximum atomic E-state index is 4.74. The van der Waals surface area contributed by atoms with Crippen LogP contribution in [-0.4, -0.2) is 54.1 Å². The van der Waals surface area contributed by atoms with Crippen molar-refractivity contribution in [2.75, 3.05) is 39.3 Å². The fourth-order valence-electron chi connectivity index (χ4n) is 3.63. The first kappa shape index (κ1) is 22.8. The third-order valence-corrected chi connectivity index (χ3v) is 5.25. The zero-order valence-corrected chi connectivity index (χ0v) is 18.1. The fourth-order valence-corrected chi connectivity index (χ4v) is 3.63. The molecule has 1 aliphatic rings.